The van der Waals surface area contributed by atoms with E-state index in [1.807, 2.05) is 58.0 Å². The standard InChI is InChI=1S/C17H22O3/c1-16(2,3)15(19)20-14-11-10-13(18)17(14,4)12-8-6-5-7-9-12/h5-9,14H,10-11H2,1-4H3/t14-,17-/m0/s1. The molecule has 1 fully saturated rings. The van der Waals surface area contributed by atoms with E-state index in [9.17, 15) is 9.59 Å². The van der Waals surface area contributed by atoms with Gasteiger partial charge in [-0.15, -0.1) is 0 Å². The first-order valence-corrected chi connectivity index (χ1v) is 7.06. The summed E-state index contributed by atoms with van der Waals surface area (Å²) in [4.78, 5) is 24.5. The molecule has 0 spiro atoms. The van der Waals surface area contributed by atoms with E-state index in [1.165, 1.54) is 0 Å². The van der Waals surface area contributed by atoms with Gasteiger partial charge in [0, 0.05) is 6.42 Å². The van der Waals surface area contributed by atoms with Gasteiger partial charge in [-0.3, -0.25) is 9.59 Å². The van der Waals surface area contributed by atoms with Gasteiger partial charge >= 0.3 is 5.97 Å². The molecule has 0 aromatic heterocycles. The summed E-state index contributed by atoms with van der Waals surface area (Å²) in [5, 5.41) is 0. The van der Waals surface area contributed by atoms with Crippen LogP contribution in [0.1, 0.15) is 46.1 Å². The maximum Gasteiger partial charge on any atom is 0.311 e. The third-order valence-electron chi connectivity index (χ3n) is 4.09. The van der Waals surface area contributed by atoms with Gasteiger partial charge in [-0.25, -0.2) is 0 Å². The third-order valence-corrected chi connectivity index (χ3v) is 4.09. The maximum atomic E-state index is 12.3. The van der Waals surface area contributed by atoms with E-state index in [1.54, 1.807) is 0 Å². The summed E-state index contributed by atoms with van der Waals surface area (Å²) < 4.78 is 5.66. The van der Waals surface area contributed by atoms with E-state index in [4.69, 9.17) is 4.74 Å². The molecule has 20 heavy (non-hydrogen) atoms. The van der Waals surface area contributed by atoms with Crippen LogP contribution >= 0.6 is 0 Å². The molecule has 1 aromatic carbocycles. The lowest BCUT2D eigenvalue weighted by Crippen LogP contribution is -2.42. The molecule has 2 atom stereocenters. The average Bonchev–Trinajstić information content (AvgIpc) is 2.68. The molecule has 0 radical (unpaired) electrons. The van der Waals surface area contributed by atoms with Crippen molar-refractivity contribution in [3.63, 3.8) is 0 Å². The van der Waals surface area contributed by atoms with Crippen LogP contribution in [-0.4, -0.2) is 17.9 Å². The Labute approximate surface area is 120 Å². The second-order valence-electron chi connectivity index (χ2n) is 6.67. The van der Waals surface area contributed by atoms with Gasteiger partial charge in [0.05, 0.1) is 10.8 Å². The average molecular weight is 274 g/mol. The van der Waals surface area contributed by atoms with Crippen LogP contribution < -0.4 is 0 Å². The number of carbonyl (C=O) groups excluding carboxylic acids is 2. The Hall–Kier alpha value is -1.64. The van der Waals surface area contributed by atoms with Crippen molar-refractivity contribution in [1.29, 1.82) is 0 Å². The molecular weight excluding hydrogens is 252 g/mol. The molecule has 0 N–H and O–H groups in total. The fourth-order valence-corrected chi connectivity index (χ4v) is 2.60. The number of benzene rings is 1. The number of carbonyl (C=O) groups is 2. The summed E-state index contributed by atoms with van der Waals surface area (Å²) in [6.07, 6.45) is 0.698. The van der Waals surface area contributed by atoms with Crippen LogP contribution in [0.5, 0.6) is 0 Å². The van der Waals surface area contributed by atoms with Crippen LogP contribution in [0.25, 0.3) is 0 Å². The lowest BCUT2D eigenvalue weighted by molar-refractivity contribution is -0.161. The molecule has 2 rings (SSSR count). The van der Waals surface area contributed by atoms with Gasteiger partial charge < -0.3 is 4.74 Å². The number of esters is 1. The van der Waals surface area contributed by atoms with Crippen molar-refractivity contribution in [2.45, 2.75) is 52.1 Å². The summed E-state index contributed by atoms with van der Waals surface area (Å²) in [5.74, 6) is -0.102. The Kier molecular flexibility index (Phi) is 3.72. The van der Waals surface area contributed by atoms with E-state index in [0.717, 1.165) is 5.56 Å². The zero-order valence-corrected chi connectivity index (χ0v) is 12.6. The normalized spacial score (nSPS) is 26.6. The molecule has 0 saturated heterocycles. The fraction of sp³-hybridized carbons (Fsp3) is 0.529. The van der Waals surface area contributed by atoms with Crippen molar-refractivity contribution in [2.24, 2.45) is 5.41 Å². The highest BCUT2D eigenvalue weighted by Gasteiger charge is 2.50. The zero-order chi connectivity index (χ0) is 15.0. The molecule has 0 bridgehead atoms. The smallest absolute Gasteiger partial charge is 0.311 e. The predicted molar refractivity (Wildman–Crippen MR) is 77.4 cm³/mol. The Bertz CT molecular complexity index is 513. The third kappa shape index (κ3) is 2.49. The highest BCUT2D eigenvalue weighted by Crippen LogP contribution is 2.40. The van der Waals surface area contributed by atoms with Crippen molar-refractivity contribution in [3.05, 3.63) is 35.9 Å². The predicted octanol–water partition coefficient (Wildman–Crippen LogP) is 3.27. The van der Waals surface area contributed by atoms with Crippen LogP contribution in [0.15, 0.2) is 30.3 Å². The van der Waals surface area contributed by atoms with Crippen LogP contribution in [0.4, 0.5) is 0 Å². The molecule has 0 unspecified atom stereocenters. The zero-order valence-electron chi connectivity index (χ0n) is 12.6. The molecule has 1 aromatic rings. The largest absolute Gasteiger partial charge is 0.461 e. The SMILES string of the molecule is CC(C)(C)C(=O)O[C@H]1CCC(=O)[C@]1(C)c1ccccc1. The number of Topliss-reactive ketones (excluding diaryl/α,β-unsaturated/α-hetero) is 1. The van der Waals surface area contributed by atoms with Crippen molar-refractivity contribution >= 4 is 11.8 Å². The molecule has 0 aliphatic heterocycles. The van der Waals surface area contributed by atoms with Gasteiger partial charge in [0.1, 0.15) is 11.9 Å². The van der Waals surface area contributed by atoms with Crippen molar-refractivity contribution < 1.29 is 14.3 Å². The van der Waals surface area contributed by atoms with E-state index < -0.39 is 10.8 Å². The fourth-order valence-electron chi connectivity index (χ4n) is 2.60. The minimum Gasteiger partial charge on any atom is -0.461 e. The lowest BCUT2D eigenvalue weighted by Gasteiger charge is -2.32. The maximum absolute atomic E-state index is 12.3. The molecule has 1 aliphatic carbocycles. The van der Waals surface area contributed by atoms with E-state index >= 15 is 0 Å². The molecule has 3 heteroatoms. The summed E-state index contributed by atoms with van der Waals surface area (Å²) in [7, 11) is 0. The molecule has 1 saturated carbocycles. The van der Waals surface area contributed by atoms with Crippen LogP contribution in [0.3, 0.4) is 0 Å². The molecule has 0 amide bonds. The first-order valence-electron chi connectivity index (χ1n) is 7.06. The minimum absolute atomic E-state index is 0.149. The highest BCUT2D eigenvalue weighted by molar-refractivity contribution is 5.93. The molecule has 0 heterocycles. The topological polar surface area (TPSA) is 43.4 Å². The Balaban J connectivity index is 2.30. The van der Waals surface area contributed by atoms with Crippen molar-refractivity contribution in [1.82, 2.24) is 0 Å². The first kappa shape index (κ1) is 14.8. The number of hydrogen-bond donors (Lipinski definition) is 0. The Morgan fingerprint density at radius 2 is 1.85 bits per heavy atom. The number of ketones is 1. The molecule has 108 valence electrons. The summed E-state index contributed by atoms with van der Waals surface area (Å²) in [5.41, 5.74) is -0.347. The minimum atomic E-state index is -0.720. The number of rotatable bonds is 2. The van der Waals surface area contributed by atoms with Crippen molar-refractivity contribution in [2.75, 3.05) is 0 Å². The number of ether oxygens (including phenoxy) is 1. The van der Waals surface area contributed by atoms with E-state index in [2.05, 4.69) is 0 Å². The van der Waals surface area contributed by atoms with Crippen LogP contribution in [0.2, 0.25) is 0 Å². The van der Waals surface area contributed by atoms with E-state index in [0.29, 0.717) is 12.8 Å². The van der Waals surface area contributed by atoms with Crippen LogP contribution in [0, 0.1) is 5.41 Å². The second-order valence-corrected chi connectivity index (χ2v) is 6.67. The molecular formula is C17H22O3. The highest BCUT2D eigenvalue weighted by atomic mass is 16.5. The number of hydrogen-bond acceptors (Lipinski definition) is 3. The first-order chi connectivity index (χ1) is 9.26. The van der Waals surface area contributed by atoms with Gasteiger partial charge in [0.2, 0.25) is 0 Å². The van der Waals surface area contributed by atoms with Gasteiger partial charge in [0.25, 0.3) is 0 Å². The second kappa shape index (κ2) is 5.04. The van der Waals surface area contributed by atoms with Gasteiger partial charge in [-0.1, -0.05) is 30.3 Å². The lowest BCUT2D eigenvalue weighted by atomic mass is 9.78. The molecule has 3 nitrogen and oxygen atoms in total. The monoisotopic (exact) mass is 274 g/mol. The Morgan fingerprint density at radius 3 is 2.40 bits per heavy atom. The van der Waals surface area contributed by atoms with Gasteiger partial charge in [-0.2, -0.15) is 0 Å². The summed E-state index contributed by atoms with van der Waals surface area (Å²) in [6.45, 7) is 7.36. The molecule has 1 aliphatic rings. The van der Waals surface area contributed by atoms with Crippen molar-refractivity contribution in [3.8, 4) is 0 Å². The summed E-state index contributed by atoms with van der Waals surface area (Å²) >= 11 is 0. The van der Waals surface area contributed by atoms with Crippen LogP contribution in [-0.2, 0) is 19.7 Å². The van der Waals surface area contributed by atoms with Gasteiger partial charge in [-0.05, 0) is 39.7 Å². The van der Waals surface area contributed by atoms with E-state index in [-0.39, 0.29) is 17.9 Å². The van der Waals surface area contributed by atoms with Gasteiger partial charge in [0.15, 0.2) is 0 Å². The summed E-state index contributed by atoms with van der Waals surface area (Å²) in [6, 6.07) is 9.61. The quantitative estimate of drug-likeness (QED) is 0.777. The Morgan fingerprint density at radius 1 is 1.25 bits per heavy atom.